The van der Waals surface area contributed by atoms with Crippen LogP contribution >= 0.6 is 0 Å². The Morgan fingerprint density at radius 2 is 2.04 bits per heavy atom. The number of rotatable bonds is 5. The van der Waals surface area contributed by atoms with Crippen molar-refractivity contribution < 1.29 is 19.4 Å². The van der Waals surface area contributed by atoms with Gasteiger partial charge in [0.05, 0.1) is 38.9 Å². The molecule has 1 aromatic carbocycles. The lowest BCUT2D eigenvalue weighted by atomic mass is 10.0. The summed E-state index contributed by atoms with van der Waals surface area (Å²) in [6, 6.07) is 7.57. The SMILES string of the molecule is COc1ccccc1CC(=O)N1CC[C@@](O)(CN2CCOCC2)C1. The standard InChI is InChI=1S/C18H26N2O4/c1-23-16-5-3-2-4-15(16)12-17(21)20-7-6-18(22,14-20)13-19-8-10-24-11-9-19/h2-5,22H,6-14H2,1H3/t18-/m1/s1. The second-order valence-corrected chi connectivity index (χ2v) is 6.67. The molecule has 1 amide bonds. The molecule has 6 heteroatoms. The van der Waals surface area contributed by atoms with Crippen molar-refractivity contribution >= 4 is 5.91 Å². The van der Waals surface area contributed by atoms with E-state index in [0.717, 1.165) is 24.4 Å². The van der Waals surface area contributed by atoms with Crippen molar-refractivity contribution in [2.45, 2.75) is 18.4 Å². The Morgan fingerprint density at radius 1 is 1.29 bits per heavy atom. The van der Waals surface area contributed by atoms with Crippen molar-refractivity contribution in [3.63, 3.8) is 0 Å². The Morgan fingerprint density at radius 3 is 2.79 bits per heavy atom. The summed E-state index contributed by atoms with van der Waals surface area (Å²) in [5, 5.41) is 10.8. The fraction of sp³-hybridized carbons (Fsp3) is 0.611. The largest absolute Gasteiger partial charge is 0.496 e. The number of nitrogens with zero attached hydrogens (tertiary/aromatic N) is 2. The highest BCUT2D eigenvalue weighted by Crippen LogP contribution is 2.25. The summed E-state index contributed by atoms with van der Waals surface area (Å²) in [4.78, 5) is 16.6. The highest BCUT2D eigenvalue weighted by Gasteiger charge is 2.39. The molecule has 3 rings (SSSR count). The molecular formula is C18H26N2O4. The smallest absolute Gasteiger partial charge is 0.227 e. The second-order valence-electron chi connectivity index (χ2n) is 6.67. The number of amides is 1. The molecule has 24 heavy (non-hydrogen) atoms. The Balaban J connectivity index is 1.57. The van der Waals surface area contributed by atoms with Gasteiger partial charge in [0.15, 0.2) is 0 Å². The van der Waals surface area contributed by atoms with Crippen LogP contribution in [-0.2, 0) is 16.0 Å². The fourth-order valence-corrected chi connectivity index (χ4v) is 3.50. The molecule has 132 valence electrons. The van der Waals surface area contributed by atoms with E-state index in [1.54, 1.807) is 12.0 Å². The highest BCUT2D eigenvalue weighted by atomic mass is 16.5. The quantitative estimate of drug-likeness (QED) is 0.851. The van der Waals surface area contributed by atoms with Crippen LogP contribution in [0.4, 0.5) is 0 Å². The van der Waals surface area contributed by atoms with Crippen molar-refractivity contribution in [2.75, 3.05) is 53.0 Å². The molecule has 2 heterocycles. The molecule has 1 atom stereocenters. The number of methoxy groups -OCH3 is 1. The zero-order valence-electron chi connectivity index (χ0n) is 14.2. The monoisotopic (exact) mass is 334 g/mol. The number of likely N-dealkylation sites (tertiary alicyclic amines) is 1. The van der Waals surface area contributed by atoms with Crippen molar-refractivity contribution in [3.8, 4) is 5.75 Å². The number of carbonyl (C=O) groups is 1. The third-order valence-corrected chi connectivity index (χ3v) is 4.84. The molecule has 0 spiro atoms. The van der Waals surface area contributed by atoms with Crippen LogP contribution in [0.5, 0.6) is 5.75 Å². The lowest BCUT2D eigenvalue weighted by Gasteiger charge is -2.33. The maximum Gasteiger partial charge on any atom is 0.227 e. The van der Waals surface area contributed by atoms with Crippen LogP contribution in [0.3, 0.4) is 0 Å². The highest BCUT2D eigenvalue weighted by molar-refractivity contribution is 5.80. The number of β-amino-alcohol motifs (C(OH)–C–C–N with tert-alkyl or cyclic N) is 1. The molecule has 0 radical (unpaired) electrons. The van der Waals surface area contributed by atoms with E-state index in [1.807, 2.05) is 24.3 Å². The number of para-hydroxylation sites is 1. The Labute approximate surface area is 143 Å². The maximum absolute atomic E-state index is 12.6. The third kappa shape index (κ3) is 4.06. The van der Waals surface area contributed by atoms with E-state index >= 15 is 0 Å². The van der Waals surface area contributed by atoms with Gasteiger partial charge in [-0.05, 0) is 12.5 Å². The first-order valence-corrected chi connectivity index (χ1v) is 8.52. The summed E-state index contributed by atoms with van der Waals surface area (Å²) in [7, 11) is 1.61. The summed E-state index contributed by atoms with van der Waals surface area (Å²) >= 11 is 0. The summed E-state index contributed by atoms with van der Waals surface area (Å²) < 4.78 is 10.7. The molecule has 0 saturated carbocycles. The van der Waals surface area contributed by atoms with E-state index in [0.29, 0.717) is 45.7 Å². The molecule has 2 aliphatic heterocycles. The predicted octanol–water partition coefficient (Wildman–Crippen LogP) is 0.533. The molecule has 0 aliphatic carbocycles. The number of carbonyl (C=O) groups excluding carboxylic acids is 1. The Kier molecular flexibility index (Phi) is 5.38. The summed E-state index contributed by atoms with van der Waals surface area (Å²) in [6.45, 7) is 4.73. The number of hydrogen-bond donors (Lipinski definition) is 1. The van der Waals surface area contributed by atoms with Gasteiger partial charge in [-0.3, -0.25) is 9.69 Å². The molecule has 0 aromatic heterocycles. The Bertz CT molecular complexity index is 574. The average Bonchev–Trinajstić information content (AvgIpc) is 2.98. The van der Waals surface area contributed by atoms with Gasteiger partial charge in [0, 0.05) is 31.7 Å². The Hall–Kier alpha value is -1.63. The van der Waals surface area contributed by atoms with Crippen LogP contribution in [0.1, 0.15) is 12.0 Å². The minimum absolute atomic E-state index is 0.0393. The molecule has 0 bridgehead atoms. The van der Waals surface area contributed by atoms with E-state index in [-0.39, 0.29) is 5.91 Å². The van der Waals surface area contributed by atoms with Crippen LogP contribution in [0.25, 0.3) is 0 Å². The number of benzene rings is 1. The van der Waals surface area contributed by atoms with E-state index in [2.05, 4.69) is 4.90 Å². The molecule has 2 fully saturated rings. The van der Waals surface area contributed by atoms with Crippen molar-refractivity contribution in [1.29, 1.82) is 0 Å². The van der Waals surface area contributed by atoms with Gasteiger partial charge in [-0.15, -0.1) is 0 Å². The molecule has 0 unspecified atom stereocenters. The van der Waals surface area contributed by atoms with Gasteiger partial charge in [0.25, 0.3) is 0 Å². The van der Waals surface area contributed by atoms with Gasteiger partial charge >= 0.3 is 0 Å². The second kappa shape index (κ2) is 7.51. The zero-order chi connectivity index (χ0) is 17.0. The lowest BCUT2D eigenvalue weighted by Crippen LogP contribution is -2.49. The predicted molar refractivity (Wildman–Crippen MR) is 90.1 cm³/mol. The number of ether oxygens (including phenoxy) is 2. The van der Waals surface area contributed by atoms with Crippen molar-refractivity contribution in [2.24, 2.45) is 0 Å². The number of hydrogen-bond acceptors (Lipinski definition) is 5. The van der Waals surface area contributed by atoms with E-state index in [1.165, 1.54) is 0 Å². The van der Waals surface area contributed by atoms with E-state index in [9.17, 15) is 9.90 Å². The van der Waals surface area contributed by atoms with Gasteiger partial charge in [-0.1, -0.05) is 18.2 Å². The van der Waals surface area contributed by atoms with Crippen LogP contribution in [0.15, 0.2) is 24.3 Å². The summed E-state index contributed by atoms with van der Waals surface area (Å²) in [6.07, 6.45) is 0.930. The van der Waals surface area contributed by atoms with E-state index in [4.69, 9.17) is 9.47 Å². The summed E-state index contributed by atoms with van der Waals surface area (Å²) in [5.41, 5.74) is 0.0712. The van der Waals surface area contributed by atoms with Gasteiger partial charge in [-0.25, -0.2) is 0 Å². The zero-order valence-corrected chi connectivity index (χ0v) is 14.2. The summed E-state index contributed by atoms with van der Waals surface area (Å²) in [5.74, 6) is 0.769. The molecule has 2 aliphatic rings. The molecule has 1 N–H and O–H groups in total. The molecule has 2 saturated heterocycles. The lowest BCUT2D eigenvalue weighted by molar-refractivity contribution is -0.130. The van der Waals surface area contributed by atoms with Crippen molar-refractivity contribution in [3.05, 3.63) is 29.8 Å². The van der Waals surface area contributed by atoms with Gasteiger partial charge in [0.2, 0.25) is 5.91 Å². The van der Waals surface area contributed by atoms with Gasteiger partial charge in [0.1, 0.15) is 5.75 Å². The number of morpholine rings is 1. The van der Waals surface area contributed by atoms with Crippen molar-refractivity contribution in [1.82, 2.24) is 9.80 Å². The third-order valence-electron chi connectivity index (χ3n) is 4.84. The minimum Gasteiger partial charge on any atom is -0.496 e. The minimum atomic E-state index is -0.812. The maximum atomic E-state index is 12.6. The average molecular weight is 334 g/mol. The molecular weight excluding hydrogens is 308 g/mol. The normalized spacial score (nSPS) is 25.0. The van der Waals surface area contributed by atoms with Crippen LogP contribution in [-0.4, -0.2) is 79.5 Å². The first kappa shape index (κ1) is 17.2. The number of aliphatic hydroxyl groups is 1. The molecule has 1 aromatic rings. The van der Waals surface area contributed by atoms with E-state index < -0.39 is 5.60 Å². The van der Waals surface area contributed by atoms with Gasteiger partial charge < -0.3 is 19.5 Å². The fourth-order valence-electron chi connectivity index (χ4n) is 3.50. The molecule has 6 nitrogen and oxygen atoms in total. The topological polar surface area (TPSA) is 62.2 Å². The van der Waals surface area contributed by atoms with Crippen LogP contribution < -0.4 is 4.74 Å². The van der Waals surface area contributed by atoms with Crippen LogP contribution in [0, 0.1) is 0 Å². The van der Waals surface area contributed by atoms with Gasteiger partial charge in [-0.2, -0.15) is 0 Å². The first-order valence-electron chi connectivity index (χ1n) is 8.52. The van der Waals surface area contributed by atoms with Crippen LogP contribution in [0.2, 0.25) is 0 Å². The first-order chi connectivity index (χ1) is 11.6.